The minimum Gasteiger partial charge on any atom is -0.472 e. The lowest BCUT2D eigenvalue weighted by Crippen LogP contribution is -2.40. The maximum Gasteiger partial charge on any atom is 0.573 e. The third-order valence-corrected chi connectivity index (χ3v) is 8.88. The minimum absolute atomic E-state index is 0.0214. The fraction of sp³-hybridized carbons (Fsp3) is 0.379. The van der Waals surface area contributed by atoms with Gasteiger partial charge in [0.1, 0.15) is 17.7 Å². The number of carbonyl (C=O) groups excluding carboxylic acids is 2. The second-order valence-corrected chi connectivity index (χ2v) is 12.7. The number of hydrogen-bond acceptors (Lipinski definition) is 10. The number of primary amides is 1. The summed E-state index contributed by atoms with van der Waals surface area (Å²) in [6.07, 6.45) is -3.28. The van der Waals surface area contributed by atoms with Gasteiger partial charge in [0.05, 0.1) is 47.6 Å². The van der Waals surface area contributed by atoms with Gasteiger partial charge in [0.2, 0.25) is 5.88 Å². The number of rotatable bonds is 14. The number of halogens is 5. The normalized spacial score (nSPS) is 17.2. The number of benzene rings is 1. The lowest BCUT2D eigenvalue weighted by Gasteiger charge is -2.25. The molecule has 3 atom stereocenters. The molecule has 3 aromatic rings. The molecule has 0 spiro atoms. The smallest absolute Gasteiger partial charge is 0.472 e. The maximum absolute atomic E-state index is 13.2. The number of aromatic nitrogens is 2. The van der Waals surface area contributed by atoms with E-state index in [0.29, 0.717) is 11.4 Å². The molecule has 4 N–H and O–H groups in total. The van der Waals surface area contributed by atoms with E-state index in [1.54, 1.807) is 4.90 Å². The monoisotopic (exact) mass is 702 g/mol. The number of nitrogens with one attached hydrogen (secondary N) is 2. The molecule has 2 aromatic heterocycles. The van der Waals surface area contributed by atoms with Crippen LogP contribution in [0.15, 0.2) is 65.8 Å². The van der Waals surface area contributed by atoms with Gasteiger partial charge in [-0.3, -0.25) is 4.79 Å². The first-order chi connectivity index (χ1) is 22.6. The minimum atomic E-state index is -4.89. The predicted molar refractivity (Wildman–Crippen MR) is 159 cm³/mol. The molecule has 3 heterocycles. The summed E-state index contributed by atoms with van der Waals surface area (Å²) in [7, 11) is -3.47. The van der Waals surface area contributed by atoms with Crippen molar-refractivity contribution in [3.05, 3.63) is 72.1 Å². The van der Waals surface area contributed by atoms with Gasteiger partial charge in [0.15, 0.2) is 9.84 Å². The Morgan fingerprint density at radius 1 is 1.06 bits per heavy atom. The van der Waals surface area contributed by atoms with Gasteiger partial charge in [-0.05, 0) is 35.9 Å². The van der Waals surface area contributed by atoms with Crippen LogP contribution in [0.5, 0.6) is 11.6 Å². The molecule has 4 rings (SSSR count). The summed E-state index contributed by atoms with van der Waals surface area (Å²) >= 11 is 0. The van der Waals surface area contributed by atoms with Crippen molar-refractivity contribution < 1.29 is 54.2 Å². The van der Waals surface area contributed by atoms with Crippen LogP contribution in [0.2, 0.25) is 0 Å². The zero-order chi connectivity index (χ0) is 35.1. The van der Waals surface area contributed by atoms with E-state index in [-0.39, 0.29) is 41.6 Å². The molecule has 1 unspecified atom stereocenters. The van der Waals surface area contributed by atoms with E-state index in [1.807, 2.05) is 0 Å². The van der Waals surface area contributed by atoms with Crippen LogP contribution >= 0.6 is 0 Å². The molecule has 1 aromatic carbocycles. The van der Waals surface area contributed by atoms with Crippen molar-refractivity contribution in [2.75, 3.05) is 30.3 Å². The molecule has 19 heteroatoms. The SMILES string of the molecule is CCS(=O)(=O)c1ccc(C(CNC(N)=O)NC(=O)c2ccc(N3C[C@@H](Oc4ccc(OC(F)(F)F)cn4)C[C@H]3COC(F)F)nc2)cc1. The first kappa shape index (κ1) is 36.1. The molecule has 0 aliphatic carbocycles. The molecule has 13 nitrogen and oxygen atoms in total. The van der Waals surface area contributed by atoms with Crippen molar-refractivity contribution in [3.63, 3.8) is 0 Å². The average molecular weight is 703 g/mol. The van der Waals surface area contributed by atoms with Crippen LogP contribution in [0.3, 0.4) is 0 Å². The average Bonchev–Trinajstić information content (AvgIpc) is 3.44. The van der Waals surface area contributed by atoms with E-state index in [0.717, 1.165) is 12.3 Å². The van der Waals surface area contributed by atoms with Crippen molar-refractivity contribution in [1.29, 1.82) is 0 Å². The summed E-state index contributed by atoms with van der Waals surface area (Å²) in [5.41, 5.74) is 5.79. The Morgan fingerprint density at radius 2 is 1.79 bits per heavy atom. The summed E-state index contributed by atoms with van der Waals surface area (Å²) in [6, 6.07) is 8.61. The molecule has 48 heavy (non-hydrogen) atoms. The molecule has 1 aliphatic rings. The summed E-state index contributed by atoms with van der Waals surface area (Å²) in [6.45, 7) is -1.93. The van der Waals surface area contributed by atoms with Crippen LogP contribution in [0.25, 0.3) is 0 Å². The number of alkyl halides is 5. The molecular weight excluding hydrogens is 671 g/mol. The van der Waals surface area contributed by atoms with E-state index < -0.39 is 65.3 Å². The van der Waals surface area contributed by atoms with Crippen LogP contribution in [-0.4, -0.2) is 80.9 Å². The summed E-state index contributed by atoms with van der Waals surface area (Å²) in [5.74, 6) is -0.969. The lowest BCUT2D eigenvalue weighted by atomic mass is 10.1. The van der Waals surface area contributed by atoms with Crippen molar-refractivity contribution in [2.24, 2.45) is 5.73 Å². The molecule has 0 bridgehead atoms. The Labute approximate surface area is 271 Å². The summed E-state index contributed by atoms with van der Waals surface area (Å²) in [5, 5.41) is 5.16. The van der Waals surface area contributed by atoms with E-state index in [4.69, 9.17) is 10.5 Å². The topological polar surface area (TPSA) is 175 Å². The third kappa shape index (κ3) is 10.1. The fourth-order valence-corrected chi connectivity index (χ4v) is 5.73. The molecule has 1 fully saturated rings. The number of sulfone groups is 1. The number of amides is 3. The van der Waals surface area contributed by atoms with Gasteiger partial charge in [-0.15, -0.1) is 13.2 Å². The molecule has 1 saturated heterocycles. The van der Waals surface area contributed by atoms with Crippen molar-refractivity contribution in [2.45, 2.75) is 49.4 Å². The van der Waals surface area contributed by atoms with Crippen LogP contribution in [0.1, 0.15) is 35.3 Å². The molecular formula is C29H31F5N6O7S. The predicted octanol–water partition coefficient (Wildman–Crippen LogP) is 3.57. The number of ether oxygens (including phenoxy) is 3. The van der Waals surface area contributed by atoms with Crippen molar-refractivity contribution in [3.8, 4) is 11.6 Å². The Morgan fingerprint density at radius 3 is 2.35 bits per heavy atom. The summed E-state index contributed by atoms with van der Waals surface area (Å²) < 4.78 is 102. The van der Waals surface area contributed by atoms with Gasteiger partial charge in [-0.2, -0.15) is 8.78 Å². The van der Waals surface area contributed by atoms with E-state index >= 15 is 0 Å². The highest BCUT2D eigenvalue weighted by molar-refractivity contribution is 7.91. The van der Waals surface area contributed by atoms with Gasteiger partial charge in [-0.25, -0.2) is 23.2 Å². The highest BCUT2D eigenvalue weighted by atomic mass is 32.2. The van der Waals surface area contributed by atoms with E-state index in [1.165, 1.54) is 55.6 Å². The van der Waals surface area contributed by atoms with Gasteiger partial charge in [-0.1, -0.05) is 19.1 Å². The Bertz CT molecular complexity index is 1650. The Balaban J connectivity index is 1.46. The Kier molecular flexibility index (Phi) is 11.6. The first-order valence-electron chi connectivity index (χ1n) is 14.3. The number of pyridine rings is 2. The second-order valence-electron chi connectivity index (χ2n) is 10.4. The van der Waals surface area contributed by atoms with Crippen LogP contribution in [-0.2, 0) is 14.6 Å². The van der Waals surface area contributed by atoms with Crippen molar-refractivity contribution in [1.82, 2.24) is 20.6 Å². The zero-order valence-corrected chi connectivity index (χ0v) is 26.0. The molecule has 0 radical (unpaired) electrons. The molecule has 1 aliphatic heterocycles. The first-order valence-corrected chi connectivity index (χ1v) is 16.0. The van der Waals surface area contributed by atoms with Crippen LogP contribution < -0.4 is 30.7 Å². The quantitative estimate of drug-likeness (QED) is 0.211. The number of nitrogens with two attached hydrogens (primary N) is 1. The third-order valence-electron chi connectivity index (χ3n) is 7.13. The lowest BCUT2D eigenvalue weighted by molar-refractivity contribution is -0.274. The number of nitrogens with zero attached hydrogens (tertiary/aromatic N) is 3. The largest absolute Gasteiger partial charge is 0.573 e. The zero-order valence-electron chi connectivity index (χ0n) is 25.2. The maximum atomic E-state index is 13.2. The highest BCUT2D eigenvalue weighted by Gasteiger charge is 2.36. The summed E-state index contributed by atoms with van der Waals surface area (Å²) in [4.78, 5) is 34.4. The molecule has 0 saturated carbocycles. The van der Waals surface area contributed by atoms with Gasteiger partial charge in [0.25, 0.3) is 5.91 Å². The van der Waals surface area contributed by atoms with Gasteiger partial charge < -0.3 is 35.5 Å². The molecule has 260 valence electrons. The number of urea groups is 1. The van der Waals surface area contributed by atoms with Crippen LogP contribution in [0.4, 0.5) is 32.6 Å². The standard InChI is InChI=1S/C29H31F5N6O7S/c1-2-48(43,44)22-7-3-17(4-8-22)23(14-38-28(35)42)39-26(41)18-5-9-24(36-12-18)40-15-21(11-19(40)16-45-27(30)31)46-25-10-6-20(13-37-25)47-29(32,33)34/h3-10,12-13,19,21,23,27H,2,11,14-16H2,1H3,(H,39,41)(H3,35,38,42)/t19-,21-,23?/m0/s1. The number of anilines is 1. The Hall–Kier alpha value is -4.78. The molecule has 3 amide bonds. The van der Waals surface area contributed by atoms with E-state index in [2.05, 4.69) is 30.1 Å². The van der Waals surface area contributed by atoms with Crippen molar-refractivity contribution >= 4 is 27.6 Å². The number of carbonyl (C=O) groups is 2. The van der Waals surface area contributed by atoms with Crippen LogP contribution in [0, 0.1) is 0 Å². The highest BCUT2D eigenvalue weighted by Crippen LogP contribution is 2.29. The fourth-order valence-electron chi connectivity index (χ4n) is 4.84. The van der Waals surface area contributed by atoms with Gasteiger partial charge in [0, 0.05) is 25.2 Å². The number of hydrogen-bond donors (Lipinski definition) is 3. The second kappa shape index (κ2) is 15.4. The van der Waals surface area contributed by atoms with Gasteiger partial charge >= 0.3 is 19.0 Å². The van der Waals surface area contributed by atoms with E-state index in [9.17, 15) is 40.0 Å².